The number of fused-ring (bicyclic) bond motifs is 4. The Labute approximate surface area is 406 Å². The number of benzene rings is 8. The van der Waals surface area contributed by atoms with Gasteiger partial charge < -0.3 is 0 Å². The molecule has 17 rings (SSSR count). The summed E-state index contributed by atoms with van der Waals surface area (Å²) < 4.78 is 15.0. The van der Waals surface area contributed by atoms with Gasteiger partial charge in [0.1, 0.15) is 0 Å². The molecular formula is C62H46N4OPt. The average Bonchev–Trinajstić information content (AvgIpc) is 3.85. The van der Waals surface area contributed by atoms with Crippen molar-refractivity contribution in [3.63, 3.8) is 0 Å². The Balaban J connectivity index is 0.880. The normalized spacial score (nSPS) is 17.7. The summed E-state index contributed by atoms with van der Waals surface area (Å²) in [6.07, 6.45) is 1.93. The molecule has 11 aromatic rings. The van der Waals surface area contributed by atoms with Gasteiger partial charge in [0.25, 0.3) is 0 Å². The Hall–Kier alpha value is -7.33. The van der Waals surface area contributed by atoms with Crippen LogP contribution in [0.2, 0.25) is 0 Å². The van der Waals surface area contributed by atoms with Gasteiger partial charge in [-0.2, -0.15) is 0 Å². The molecule has 0 saturated carbocycles. The molecule has 68 heavy (non-hydrogen) atoms. The molecule has 6 aliphatic carbocycles. The topological polar surface area (TPSA) is 36.9 Å². The fourth-order valence-electron chi connectivity index (χ4n) is 12.3. The molecule has 4 bridgehead atoms. The summed E-state index contributed by atoms with van der Waals surface area (Å²) in [5.74, 6) is 3.27. The molecule has 2 atom stereocenters. The van der Waals surface area contributed by atoms with E-state index in [1.54, 1.807) is 0 Å². The number of aromatic nitrogens is 4. The van der Waals surface area contributed by atoms with Crippen LogP contribution in [0.5, 0.6) is 11.5 Å². The van der Waals surface area contributed by atoms with Crippen LogP contribution in [0.4, 0.5) is 0 Å². The minimum atomic E-state index is -0.00917. The summed E-state index contributed by atoms with van der Waals surface area (Å²) in [6, 6.07) is 71.9. The van der Waals surface area contributed by atoms with Crippen molar-refractivity contribution in [3.8, 4) is 28.7 Å². The van der Waals surface area contributed by atoms with E-state index in [1.807, 2.05) is 6.20 Å². The molecule has 8 aromatic carbocycles. The number of rotatable bonds is 5. The maximum absolute atomic E-state index is 6.82. The first kappa shape index (κ1) is 39.8. The second-order valence-electron chi connectivity index (χ2n) is 19.8. The first-order chi connectivity index (χ1) is 33.3. The number of ether oxygens (including phenoxy) is 1. The summed E-state index contributed by atoms with van der Waals surface area (Å²) in [6.45, 7) is 6.73. The first-order valence-corrected chi connectivity index (χ1v) is 24.8. The number of hydrogen-bond acceptors (Lipinski definition) is 2. The minimum absolute atomic E-state index is 0.00917. The van der Waals surface area contributed by atoms with Gasteiger partial charge in [-0.15, -0.1) is 0 Å². The Morgan fingerprint density at radius 2 is 0.912 bits per heavy atom. The first-order valence-electron chi connectivity index (χ1n) is 23.7. The molecule has 0 fully saturated rings. The van der Waals surface area contributed by atoms with E-state index in [9.17, 15) is 0 Å². The number of hydrogen-bond donors (Lipinski definition) is 0. The summed E-state index contributed by atoms with van der Waals surface area (Å²) in [7, 11) is 0. The van der Waals surface area contributed by atoms with Gasteiger partial charge >= 0.3 is 352 Å². The molecule has 6 aliphatic rings. The molecule has 5 nitrogen and oxygen atoms in total. The van der Waals surface area contributed by atoms with Crippen molar-refractivity contribution in [3.05, 3.63) is 254 Å². The number of nitrogens with zero attached hydrogens (tertiary/aromatic N) is 4. The monoisotopic (exact) mass is 1060 g/mol. The van der Waals surface area contributed by atoms with Crippen LogP contribution in [0.15, 0.2) is 200 Å². The van der Waals surface area contributed by atoms with Gasteiger partial charge in [0.15, 0.2) is 0 Å². The summed E-state index contributed by atoms with van der Waals surface area (Å²) in [5, 5.41) is 2.35. The van der Waals surface area contributed by atoms with Gasteiger partial charge in [0, 0.05) is 6.20 Å². The number of para-hydroxylation sites is 3. The fourth-order valence-corrected chi connectivity index (χ4v) is 13.4. The van der Waals surface area contributed by atoms with Crippen LogP contribution >= 0.6 is 0 Å². The third-order valence-corrected chi connectivity index (χ3v) is 16.2. The van der Waals surface area contributed by atoms with Crippen molar-refractivity contribution in [2.75, 3.05) is 0 Å². The molecule has 0 aliphatic heterocycles. The van der Waals surface area contributed by atoms with Crippen molar-refractivity contribution in [1.82, 2.24) is 18.7 Å². The van der Waals surface area contributed by atoms with Crippen LogP contribution in [0.25, 0.3) is 50.0 Å². The van der Waals surface area contributed by atoms with E-state index in [0.29, 0.717) is 0 Å². The Morgan fingerprint density at radius 3 is 1.51 bits per heavy atom. The zero-order valence-corrected chi connectivity index (χ0v) is 40.1. The van der Waals surface area contributed by atoms with Gasteiger partial charge in [-0.25, -0.2) is 0 Å². The van der Waals surface area contributed by atoms with E-state index in [-0.39, 0.29) is 29.1 Å². The van der Waals surface area contributed by atoms with Crippen LogP contribution < -0.4 is 4.74 Å². The van der Waals surface area contributed by atoms with Crippen molar-refractivity contribution in [2.45, 2.75) is 49.9 Å². The molecule has 0 N–H and O–H groups in total. The SMILES string of the molecule is CC(C)(C)c1ccnc(-n2c3ccccc3c3ccc(Oc4cccc(-n5[c](=[Pt])n(-c6ccc7c(c6)C6c8ccccc8C7C7c8ccccc8C6c6ccccc67)c6ccccc65)c4)cc32)c1. The average molecular weight is 1060 g/mol. The molecule has 0 saturated heterocycles. The van der Waals surface area contributed by atoms with E-state index >= 15 is 0 Å². The Bertz CT molecular complexity index is 3910. The van der Waals surface area contributed by atoms with Crippen LogP contribution in [0.3, 0.4) is 0 Å². The van der Waals surface area contributed by atoms with Gasteiger partial charge in [0.05, 0.1) is 0 Å². The number of pyridine rings is 1. The van der Waals surface area contributed by atoms with Crippen LogP contribution in [0.1, 0.15) is 94.5 Å². The molecule has 0 spiro atoms. The third-order valence-electron chi connectivity index (χ3n) is 15.2. The molecule has 0 radical (unpaired) electrons. The second kappa shape index (κ2) is 14.8. The molecule has 3 aromatic heterocycles. The van der Waals surface area contributed by atoms with Gasteiger partial charge in [-0.05, 0) is 17.0 Å². The van der Waals surface area contributed by atoms with E-state index in [2.05, 4.69) is 248 Å². The van der Waals surface area contributed by atoms with Gasteiger partial charge in [0.2, 0.25) is 0 Å². The van der Waals surface area contributed by atoms with E-state index in [1.165, 1.54) is 61.1 Å². The van der Waals surface area contributed by atoms with Crippen molar-refractivity contribution >= 4 is 32.8 Å². The molecule has 2 unspecified atom stereocenters. The summed E-state index contributed by atoms with van der Waals surface area (Å²) >= 11 is 2.53. The predicted octanol–water partition coefficient (Wildman–Crippen LogP) is 15.0. The maximum atomic E-state index is 6.82. The second-order valence-corrected chi connectivity index (χ2v) is 20.8. The van der Waals surface area contributed by atoms with Crippen LogP contribution in [0, 0.1) is 3.80 Å². The van der Waals surface area contributed by atoms with Gasteiger partial charge in [-0.1, -0.05) is 32.9 Å². The zero-order chi connectivity index (χ0) is 45.4. The Morgan fingerprint density at radius 1 is 0.412 bits per heavy atom. The molecule has 6 heteroatoms. The predicted molar refractivity (Wildman–Crippen MR) is 270 cm³/mol. The molecule has 3 heterocycles. The molecule has 0 amide bonds. The van der Waals surface area contributed by atoms with E-state index < -0.39 is 0 Å². The Kier molecular flexibility index (Phi) is 8.68. The van der Waals surface area contributed by atoms with Gasteiger partial charge in [-0.3, -0.25) is 0 Å². The van der Waals surface area contributed by atoms with Crippen molar-refractivity contribution in [2.24, 2.45) is 0 Å². The standard InChI is InChI=1S/C62H46N4O.Pt/c1-62(2,3)38-31-32-63-57(33-38)66-53-24-11-10-17-43(53)44-30-28-42(36-56(44)66)67-41-16-14-15-39(34-41)64-37-65(55-26-13-12-25-54(55)64)40-27-29-51-52(35-40)61-50-23-9-8-22-49(50)60(51)58-45-18-4-6-20-47(45)59(61)48-21-7-5-19-46(48)58;/h4-36,58-61H,1-3H3;. The van der Waals surface area contributed by atoms with Crippen molar-refractivity contribution in [1.29, 1.82) is 0 Å². The molecular weight excluding hydrogens is 1010 g/mol. The van der Waals surface area contributed by atoms with Crippen LogP contribution in [-0.4, -0.2) is 18.7 Å². The van der Waals surface area contributed by atoms with Crippen LogP contribution in [-0.2, 0) is 24.8 Å². The van der Waals surface area contributed by atoms with E-state index in [0.717, 1.165) is 54.3 Å². The quantitative estimate of drug-likeness (QED) is 0.172. The summed E-state index contributed by atoms with van der Waals surface area (Å²) in [5.41, 5.74) is 19.6. The number of imidazole rings is 1. The molecule has 330 valence electrons. The summed E-state index contributed by atoms with van der Waals surface area (Å²) in [4.78, 5) is 4.90. The fraction of sp³-hybridized carbons (Fsp3) is 0.129. The third kappa shape index (κ3) is 5.78. The zero-order valence-electron chi connectivity index (χ0n) is 37.9. The van der Waals surface area contributed by atoms with E-state index in [4.69, 9.17) is 9.72 Å². The van der Waals surface area contributed by atoms with Crippen molar-refractivity contribution < 1.29 is 24.1 Å².